The van der Waals surface area contributed by atoms with Crippen molar-refractivity contribution in [2.45, 2.75) is 39.0 Å². The SMILES string of the molecule is CCCCNCc1cccn1Cc1cccc(C(F)(F)F)c1. The molecule has 5 heteroatoms. The molecule has 1 heterocycles. The van der Waals surface area contributed by atoms with Crippen molar-refractivity contribution >= 4 is 0 Å². The summed E-state index contributed by atoms with van der Waals surface area (Å²) in [6.07, 6.45) is -0.138. The zero-order valence-electron chi connectivity index (χ0n) is 12.7. The summed E-state index contributed by atoms with van der Waals surface area (Å²) in [5, 5.41) is 3.35. The topological polar surface area (TPSA) is 17.0 Å². The number of benzene rings is 1. The molecule has 2 rings (SSSR count). The molecular weight excluding hydrogens is 289 g/mol. The summed E-state index contributed by atoms with van der Waals surface area (Å²) >= 11 is 0. The first kappa shape index (κ1) is 16.6. The van der Waals surface area contributed by atoms with E-state index in [0.717, 1.165) is 37.7 Å². The predicted molar refractivity (Wildman–Crippen MR) is 81.6 cm³/mol. The van der Waals surface area contributed by atoms with Gasteiger partial charge in [0.25, 0.3) is 0 Å². The fraction of sp³-hybridized carbons (Fsp3) is 0.412. The lowest BCUT2D eigenvalue weighted by Crippen LogP contribution is -2.17. The van der Waals surface area contributed by atoms with E-state index in [2.05, 4.69) is 12.2 Å². The van der Waals surface area contributed by atoms with Gasteiger partial charge in [0.2, 0.25) is 0 Å². The Morgan fingerprint density at radius 3 is 2.68 bits per heavy atom. The molecule has 0 unspecified atom stereocenters. The first-order chi connectivity index (χ1) is 10.5. The van der Waals surface area contributed by atoms with Gasteiger partial charge in [-0.05, 0) is 42.8 Å². The van der Waals surface area contributed by atoms with E-state index in [1.165, 1.54) is 12.1 Å². The van der Waals surface area contributed by atoms with Gasteiger partial charge in [0.1, 0.15) is 0 Å². The molecule has 0 aliphatic carbocycles. The van der Waals surface area contributed by atoms with Crippen LogP contribution in [0.5, 0.6) is 0 Å². The number of nitrogens with one attached hydrogen (secondary N) is 1. The molecule has 0 atom stereocenters. The van der Waals surface area contributed by atoms with Crippen molar-refractivity contribution in [3.05, 3.63) is 59.4 Å². The Balaban J connectivity index is 2.04. The maximum Gasteiger partial charge on any atom is 0.416 e. The summed E-state index contributed by atoms with van der Waals surface area (Å²) < 4.78 is 40.2. The standard InChI is InChI=1S/C17H21F3N2/c1-2-3-9-21-12-16-8-5-10-22(16)13-14-6-4-7-15(11-14)17(18,19)20/h4-8,10-11,21H,2-3,9,12-13H2,1H3. The number of alkyl halides is 3. The van der Waals surface area contributed by atoms with E-state index >= 15 is 0 Å². The predicted octanol–water partition coefficient (Wildman–Crippen LogP) is 4.44. The van der Waals surface area contributed by atoms with Crippen molar-refractivity contribution in [1.82, 2.24) is 9.88 Å². The van der Waals surface area contributed by atoms with Crippen LogP contribution < -0.4 is 5.32 Å². The second-order valence-electron chi connectivity index (χ2n) is 5.36. The largest absolute Gasteiger partial charge is 0.416 e. The monoisotopic (exact) mass is 310 g/mol. The lowest BCUT2D eigenvalue weighted by molar-refractivity contribution is -0.137. The van der Waals surface area contributed by atoms with Crippen molar-refractivity contribution in [3.63, 3.8) is 0 Å². The Morgan fingerprint density at radius 1 is 1.14 bits per heavy atom. The van der Waals surface area contributed by atoms with Gasteiger partial charge < -0.3 is 9.88 Å². The summed E-state index contributed by atoms with van der Waals surface area (Å²) in [5.41, 5.74) is 1.13. The van der Waals surface area contributed by atoms with Crippen molar-refractivity contribution in [2.75, 3.05) is 6.54 Å². The molecule has 0 saturated heterocycles. The van der Waals surface area contributed by atoms with Crippen LogP contribution in [0, 0.1) is 0 Å². The van der Waals surface area contributed by atoms with Crippen LogP contribution in [0.4, 0.5) is 13.2 Å². The van der Waals surface area contributed by atoms with E-state index in [1.54, 1.807) is 6.07 Å². The average molecular weight is 310 g/mol. The third-order valence-corrected chi connectivity index (χ3v) is 3.54. The van der Waals surface area contributed by atoms with E-state index in [1.807, 2.05) is 22.9 Å². The van der Waals surface area contributed by atoms with Crippen LogP contribution in [0.1, 0.15) is 36.6 Å². The number of hydrogen-bond donors (Lipinski definition) is 1. The number of nitrogens with zero attached hydrogens (tertiary/aromatic N) is 1. The van der Waals surface area contributed by atoms with E-state index in [4.69, 9.17) is 0 Å². The Bertz CT molecular complexity index is 588. The number of aromatic nitrogens is 1. The second-order valence-corrected chi connectivity index (χ2v) is 5.36. The van der Waals surface area contributed by atoms with Crippen LogP contribution in [-0.2, 0) is 19.3 Å². The molecule has 2 aromatic rings. The van der Waals surface area contributed by atoms with Crippen LogP contribution in [0.25, 0.3) is 0 Å². The van der Waals surface area contributed by atoms with Gasteiger partial charge in [0.05, 0.1) is 5.56 Å². The van der Waals surface area contributed by atoms with E-state index in [-0.39, 0.29) is 0 Å². The highest BCUT2D eigenvalue weighted by molar-refractivity contribution is 5.26. The molecule has 0 saturated carbocycles. The molecule has 0 fully saturated rings. The molecule has 1 aromatic heterocycles. The van der Waals surface area contributed by atoms with E-state index in [0.29, 0.717) is 12.1 Å². The molecule has 22 heavy (non-hydrogen) atoms. The molecule has 0 spiro atoms. The minimum atomic E-state index is -4.29. The summed E-state index contributed by atoms with van der Waals surface area (Å²) in [6, 6.07) is 9.42. The van der Waals surface area contributed by atoms with Crippen LogP contribution in [-0.4, -0.2) is 11.1 Å². The first-order valence-corrected chi connectivity index (χ1v) is 7.51. The number of unbranched alkanes of at least 4 members (excludes halogenated alkanes) is 1. The van der Waals surface area contributed by atoms with Gasteiger partial charge in [-0.2, -0.15) is 13.2 Å². The van der Waals surface area contributed by atoms with Gasteiger partial charge in [0, 0.05) is 25.0 Å². The van der Waals surface area contributed by atoms with Crippen LogP contribution in [0.2, 0.25) is 0 Å². The minimum absolute atomic E-state index is 0.446. The quantitative estimate of drug-likeness (QED) is 0.748. The molecule has 2 nitrogen and oxygen atoms in total. The molecule has 0 aliphatic heterocycles. The highest BCUT2D eigenvalue weighted by Crippen LogP contribution is 2.29. The smallest absolute Gasteiger partial charge is 0.346 e. The average Bonchev–Trinajstić information content (AvgIpc) is 2.90. The van der Waals surface area contributed by atoms with Crippen molar-refractivity contribution in [2.24, 2.45) is 0 Å². The molecule has 0 aliphatic rings. The second kappa shape index (κ2) is 7.49. The lowest BCUT2D eigenvalue weighted by atomic mass is 10.1. The summed E-state index contributed by atoms with van der Waals surface area (Å²) in [7, 11) is 0. The Labute approximate surface area is 129 Å². The summed E-state index contributed by atoms with van der Waals surface area (Å²) in [4.78, 5) is 0. The van der Waals surface area contributed by atoms with Crippen LogP contribution in [0.3, 0.4) is 0 Å². The third kappa shape index (κ3) is 4.63. The lowest BCUT2D eigenvalue weighted by Gasteiger charge is -2.12. The fourth-order valence-electron chi connectivity index (χ4n) is 2.33. The maximum absolute atomic E-state index is 12.7. The number of hydrogen-bond acceptors (Lipinski definition) is 1. The summed E-state index contributed by atoms with van der Waals surface area (Å²) in [6.45, 7) is 4.26. The minimum Gasteiger partial charge on any atom is -0.346 e. The zero-order valence-corrected chi connectivity index (χ0v) is 12.7. The van der Waals surface area contributed by atoms with E-state index < -0.39 is 11.7 Å². The third-order valence-electron chi connectivity index (χ3n) is 3.54. The molecule has 1 aromatic carbocycles. The summed E-state index contributed by atoms with van der Waals surface area (Å²) in [5.74, 6) is 0. The highest BCUT2D eigenvalue weighted by Gasteiger charge is 2.30. The first-order valence-electron chi connectivity index (χ1n) is 7.51. The van der Waals surface area contributed by atoms with Gasteiger partial charge in [-0.3, -0.25) is 0 Å². The molecule has 1 N–H and O–H groups in total. The Kier molecular flexibility index (Phi) is 5.66. The number of halogens is 3. The molecule has 0 radical (unpaired) electrons. The van der Waals surface area contributed by atoms with Gasteiger partial charge in [-0.15, -0.1) is 0 Å². The number of rotatable bonds is 7. The maximum atomic E-state index is 12.7. The van der Waals surface area contributed by atoms with Crippen LogP contribution in [0.15, 0.2) is 42.6 Å². The van der Waals surface area contributed by atoms with Gasteiger partial charge in [-0.1, -0.05) is 25.5 Å². The molecular formula is C17H21F3N2. The van der Waals surface area contributed by atoms with Crippen molar-refractivity contribution in [1.29, 1.82) is 0 Å². The zero-order chi connectivity index (χ0) is 16.0. The highest BCUT2D eigenvalue weighted by atomic mass is 19.4. The normalized spacial score (nSPS) is 11.8. The Hall–Kier alpha value is -1.75. The van der Waals surface area contributed by atoms with Crippen LogP contribution >= 0.6 is 0 Å². The van der Waals surface area contributed by atoms with Gasteiger partial charge in [-0.25, -0.2) is 0 Å². The molecule has 120 valence electrons. The van der Waals surface area contributed by atoms with Crippen molar-refractivity contribution < 1.29 is 13.2 Å². The molecule has 0 bridgehead atoms. The van der Waals surface area contributed by atoms with E-state index in [9.17, 15) is 13.2 Å². The molecule has 0 amide bonds. The Morgan fingerprint density at radius 2 is 1.95 bits per heavy atom. The van der Waals surface area contributed by atoms with Gasteiger partial charge >= 0.3 is 6.18 Å². The van der Waals surface area contributed by atoms with Crippen molar-refractivity contribution in [3.8, 4) is 0 Å². The van der Waals surface area contributed by atoms with Gasteiger partial charge in [0.15, 0.2) is 0 Å². The fourth-order valence-corrected chi connectivity index (χ4v) is 2.33.